The monoisotopic (exact) mass is 1730 g/mol. The van der Waals surface area contributed by atoms with Crippen LogP contribution in [0.25, 0.3) is 0 Å². The fourth-order valence-corrected chi connectivity index (χ4v) is 28.6. The van der Waals surface area contributed by atoms with Crippen molar-refractivity contribution in [2.45, 2.75) is 460 Å². The Kier molecular flexibility index (Phi) is 49.3. The topological polar surface area (TPSA) is 172 Å². The zero-order chi connectivity index (χ0) is 79.5. The van der Waals surface area contributed by atoms with E-state index in [1.54, 1.807) is 0 Å². The smallest absolute Gasteiger partial charge is 0.312 e. The van der Waals surface area contributed by atoms with E-state index in [-0.39, 0.29) is 191 Å². The van der Waals surface area contributed by atoms with Gasteiger partial charge in [-0.1, -0.05) is 234 Å². The maximum Gasteiger partial charge on any atom is 0.312 e. The van der Waals surface area contributed by atoms with Crippen LogP contribution >= 0.6 is 0 Å². The standard InChI is InChI=1S/C23H38O2.C15H26O2.C14H24O2.C12H18O2.C12H22O.C11H18O2.C9H16O.14CH4/c1-14-15(2)19-10-18(14)11-20(19)21(24)25-22(3,4)23(5)12-16-7-6-8-17(9-16)13-23;1-6-15(4,5)17-14(16)13-8-11-7-12(13)10(3)9(11)2;1-8-9(2)11-6-10(8)7-12(11)13(15)16-14(3,4)5;1-7-8(2)10-5-9(7)6-12(10)3-4-14-11(12)13;1-7-8(2)10-5-9(7)6-11(10)12(3,4)13;1-6-7(2)10-4-9(6)5-11(10)13-8(3)12;1-5-6(2)8-3-7(5)4-9(8)10;;;;;;;;;;;;;;/h14-20H,6-13H2,1-5H3;9-13H,6-8H2,1-5H3;8-12H,6-7H2,1-5H3;7-10H,3-6H2,1-2H3;7-11,13H,5-6H2,1-4H3;6-7,9-11H,4-5H2,1-3H3;5-10H,3-4H2,1-2H3;14*1H4. The van der Waals surface area contributed by atoms with Gasteiger partial charge in [0.2, 0.25) is 0 Å². The van der Waals surface area contributed by atoms with E-state index in [2.05, 4.69) is 125 Å². The summed E-state index contributed by atoms with van der Waals surface area (Å²) in [6.07, 6.45) is 27.0. The molecule has 16 bridgehead atoms. The van der Waals surface area contributed by atoms with Gasteiger partial charge in [-0.05, 0) is 368 Å². The molecular formula is C110H218O12. The van der Waals surface area contributed by atoms with Gasteiger partial charge >= 0.3 is 29.8 Å². The lowest BCUT2D eigenvalue weighted by Crippen LogP contribution is -2.51. The number of carbonyl (C=O) groups is 5. The second kappa shape index (κ2) is 47.9. The summed E-state index contributed by atoms with van der Waals surface area (Å²) >= 11 is 0. The molecule has 16 aliphatic carbocycles. The van der Waals surface area contributed by atoms with Gasteiger partial charge in [-0.2, -0.15) is 0 Å². The molecule has 0 aromatic carbocycles. The minimum absolute atomic E-state index is 0. The minimum atomic E-state index is -0.451. The van der Waals surface area contributed by atoms with Crippen LogP contribution in [0.15, 0.2) is 0 Å². The van der Waals surface area contributed by atoms with Crippen LogP contribution in [0.5, 0.6) is 0 Å². The van der Waals surface area contributed by atoms with E-state index in [9.17, 15) is 34.2 Å². The van der Waals surface area contributed by atoms with E-state index < -0.39 is 5.60 Å². The summed E-state index contributed by atoms with van der Waals surface area (Å²) in [6, 6.07) is 0. The van der Waals surface area contributed by atoms with Crippen LogP contribution in [0, 0.1) is 212 Å². The number of rotatable bonds is 9. The molecule has 1 aliphatic heterocycles. The molecule has 17 rings (SSSR count). The largest absolute Gasteiger partial charge is 0.465 e. The molecule has 16 saturated carbocycles. The van der Waals surface area contributed by atoms with E-state index in [1.165, 1.54) is 96.8 Å². The van der Waals surface area contributed by atoms with Crippen LogP contribution in [0.2, 0.25) is 0 Å². The number of hydrogen-bond donors (Lipinski definition) is 2. The van der Waals surface area contributed by atoms with Crippen LogP contribution in [-0.4, -0.2) is 81.3 Å². The second-order valence-corrected chi connectivity index (χ2v) is 44.9. The zero-order valence-corrected chi connectivity index (χ0v) is 73.5. The second-order valence-electron chi connectivity index (χ2n) is 44.9. The fourth-order valence-electron chi connectivity index (χ4n) is 28.6. The number of ether oxygens (including phenoxy) is 5. The minimum Gasteiger partial charge on any atom is -0.465 e. The SMILES string of the molecule is C.C.C.C.C.C.C.C.C.C.C.C.C.C.CC(=O)OC1CC2CC1C(C)C2C.CC1C2CC(C(=O)OC(C)(C)C)C(C2)C1C.CC1C2CC(C(=O)OC(C)(C)C3(C)CC4CCCC(C4)C3)C(C2)C1C.CC1C2CC(C1C)C(C(C)(C)O)C2.CC1C2CC(C1C)C1(CCOC1=O)C2.CC1C2CC(O)C(C2)C1C.CCC(C)(C)OC(=O)C1CC2CC1C(C)C2C. The molecular weight excluding hydrogens is 1510 g/mol. The highest BCUT2D eigenvalue weighted by Gasteiger charge is 2.64. The third-order valence-corrected chi connectivity index (χ3v) is 37.5. The average Bonchev–Trinajstić information content (AvgIpc) is 1.55. The van der Waals surface area contributed by atoms with Crippen molar-refractivity contribution in [3.63, 3.8) is 0 Å². The highest BCUT2D eigenvalue weighted by Crippen LogP contribution is 2.66. The van der Waals surface area contributed by atoms with Gasteiger partial charge in [0.05, 0.1) is 41.5 Å². The summed E-state index contributed by atoms with van der Waals surface area (Å²) in [4.78, 5) is 60.1. The molecule has 0 aromatic rings. The first kappa shape index (κ1) is 126. The Hall–Kier alpha value is -2.73. The fraction of sp³-hybridized carbons (Fsp3) is 0.955. The number of aliphatic hydroxyl groups excluding tert-OH is 1. The Bertz CT molecular complexity index is 3080. The number of esters is 5. The zero-order valence-electron chi connectivity index (χ0n) is 73.5. The molecule has 730 valence electrons. The van der Waals surface area contributed by atoms with E-state index in [0.29, 0.717) is 65.8 Å². The van der Waals surface area contributed by atoms with Gasteiger partial charge in [0, 0.05) is 12.3 Å². The quantitative estimate of drug-likeness (QED) is 0.166. The van der Waals surface area contributed by atoms with Crippen molar-refractivity contribution < 1.29 is 57.9 Å². The molecule has 17 aliphatic rings. The molecule has 1 saturated heterocycles. The molecule has 2 N–H and O–H groups in total. The third-order valence-electron chi connectivity index (χ3n) is 37.5. The molecule has 37 atom stereocenters. The molecule has 12 nitrogen and oxygen atoms in total. The van der Waals surface area contributed by atoms with E-state index in [0.717, 1.165) is 176 Å². The first-order chi connectivity index (χ1) is 50.2. The molecule has 0 radical (unpaired) electrons. The highest BCUT2D eigenvalue weighted by molar-refractivity contribution is 5.80. The van der Waals surface area contributed by atoms with Gasteiger partial charge in [0.15, 0.2) is 0 Å². The number of cyclic esters (lactones) is 1. The van der Waals surface area contributed by atoms with Crippen LogP contribution in [0.4, 0.5) is 0 Å². The van der Waals surface area contributed by atoms with E-state index in [1.807, 2.05) is 48.5 Å². The van der Waals surface area contributed by atoms with Crippen molar-refractivity contribution in [2.75, 3.05) is 6.61 Å². The van der Waals surface area contributed by atoms with Crippen molar-refractivity contribution in [3.05, 3.63) is 0 Å². The van der Waals surface area contributed by atoms with Gasteiger partial charge in [-0.15, -0.1) is 0 Å². The Morgan fingerprint density at radius 1 is 0.410 bits per heavy atom. The van der Waals surface area contributed by atoms with Crippen molar-refractivity contribution in [1.82, 2.24) is 0 Å². The lowest BCUT2D eigenvalue weighted by Gasteiger charge is -2.52. The third kappa shape index (κ3) is 25.3. The van der Waals surface area contributed by atoms with Crippen molar-refractivity contribution in [3.8, 4) is 0 Å². The van der Waals surface area contributed by atoms with E-state index in [4.69, 9.17) is 23.7 Å². The molecule has 0 amide bonds. The number of hydrogen-bond acceptors (Lipinski definition) is 12. The summed E-state index contributed by atoms with van der Waals surface area (Å²) in [5.41, 5.74) is -1.33. The van der Waals surface area contributed by atoms with Crippen molar-refractivity contribution in [1.29, 1.82) is 0 Å². The molecule has 122 heavy (non-hydrogen) atoms. The maximum absolute atomic E-state index is 13.1. The predicted molar refractivity (Wildman–Crippen MR) is 525 cm³/mol. The Labute approximate surface area is 761 Å². The highest BCUT2D eigenvalue weighted by atomic mass is 16.6. The number of aliphatic hydroxyl groups is 2. The Balaban J connectivity index is -0.000000663. The van der Waals surface area contributed by atoms with Gasteiger partial charge in [-0.25, -0.2) is 0 Å². The van der Waals surface area contributed by atoms with Gasteiger partial charge in [-0.3, -0.25) is 24.0 Å². The molecule has 37 unspecified atom stereocenters. The van der Waals surface area contributed by atoms with Crippen LogP contribution in [-0.2, 0) is 47.7 Å². The summed E-state index contributed by atoms with van der Waals surface area (Å²) in [7, 11) is 0. The number of fused-ring (bicyclic) bond motifs is 17. The first-order valence-electron chi connectivity index (χ1n) is 45.6. The van der Waals surface area contributed by atoms with Crippen LogP contribution < -0.4 is 0 Å². The summed E-state index contributed by atoms with van der Waals surface area (Å²) < 4.78 is 28.0. The number of carbonyl (C=O) groups excluding carboxylic acids is 5. The normalized spacial score (nSPS) is 43.1. The maximum atomic E-state index is 13.1. The predicted octanol–water partition coefficient (Wildman–Crippen LogP) is 30.5. The summed E-state index contributed by atoms with van der Waals surface area (Å²) in [5, 5.41) is 19.6. The lowest BCUT2D eigenvalue weighted by molar-refractivity contribution is -0.185. The average molecular weight is 1730 g/mol. The van der Waals surface area contributed by atoms with E-state index >= 15 is 0 Å². The summed E-state index contributed by atoms with van der Waals surface area (Å²) in [5.74, 6) is 24.0. The molecule has 1 heterocycles. The first-order valence-corrected chi connectivity index (χ1v) is 45.6. The van der Waals surface area contributed by atoms with Crippen molar-refractivity contribution in [2.24, 2.45) is 212 Å². The Morgan fingerprint density at radius 2 is 0.762 bits per heavy atom. The molecule has 1 spiro atoms. The van der Waals surface area contributed by atoms with Crippen molar-refractivity contribution >= 4 is 29.8 Å². The van der Waals surface area contributed by atoms with Crippen LogP contribution in [0.1, 0.15) is 425 Å². The van der Waals surface area contributed by atoms with Crippen LogP contribution in [0.3, 0.4) is 0 Å². The van der Waals surface area contributed by atoms with Gasteiger partial charge in [0.1, 0.15) is 22.9 Å². The summed E-state index contributed by atoms with van der Waals surface area (Å²) in [6.45, 7) is 57.6. The molecule has 12 heteroatoms. The molecule has 0 aromatic heterocycles. The van der Waals surface area contributed by atoms with Gasteiger partial charge in [0.25, 0.3) is 0 Å². The lowest BCUT2D eigenvalue weighted by atomic mass is 9.56. The Morgan fingerprint density at radius 3 is 1.07 bits per heavy atom. The molecule has 17 fully saturated rings. The van der Waals surface area contributed by atoms with Gasteiger partial charge < -0.3 is 33.9 Å².